The van der Waals surface area contributed by atoms with Gasteiger partial charge in [-0.05, 0) is 25.3 Å². The molecule has 2 saturated heterocycles. The van der Waals surface area contributed by atoms with Crippen molar-refractivity contribution in [2.45, 2.75) is 26.0 Å². The van der Waals surface area contributed by atoms with Gasteiger partial charge in [-0.2, -0.15) is 0 Å². The summed E-state index contributed by atoms with van der Waals surface area (Å²) >= 11 is 1.24. The summed E-state index contributed by atoms with van der Waals surface area (Å²) in [6.45, 7) is 4.57. The lowest BCUT2D eigenvalue weighted by Gasteiger charge is -2.39. The normalized spacial score (nSPS) is 20.4. The van der Waals surface area contributed by atoms with Crippen LogP contribution in [0.3, 0.4) is 0 Å². The van der Waals surface area contributed by atoms with Gasteiger partial charge in [0, 0.05) is 31.6 Å². The lowest BCUT2D eigenvalue weighted by molar-refractivity contribution is -0.166. The van der Waals surface area contributed by atoms with E-state index >= 15 is 0 Å². The topological polar surface area (TPSA) is 137 Å². The van der Waals surface area contributed by atoms with Crippen LogP contribution in [-0.2, 0) is 30.3 Å². The van der Waals surface area contributed by atoms with E-state index in [-0.39, 0.29) is 26.1 Å². The van der Waals surface area contributed by atoms with Crippen molar-refractivity contribution in [3.63, 3.8) is 0 Å². The monoisotopic (exact) mass is 463 g/mol. The van der Waals surface area contributed by atoms with E-state index in [4.69, 9.17) is 4.74 Å². The summed E-state index contributed by atoms with van der Waals surface area (Å²) < 4.78 is 5.12. The van der Waals surface area contributed by atoms with Crippen LogP contribution in [0.5, 0.6) is 0 Å². The van der Waals surface area contributed by atoms with E-state index in [1.807, 2.05) is 19.9 Å². The fourth-order valence-corrected chi connectivity index (χ4v) is 3.99. The quantitative estimate of drug-likeness (QED) is 0.226. The van der Waals surface area contributed by atoms with Gasteiger partial charge in [0.05, 0.1) is 18.7 Å². The Balaban J connectivity index is 1.60. The summed E-state index contributed by atoms with van der Waals surface area (Å²) in [6, 6.07) is 0.863. The highest BCUT2D eigenvalue weighted by Crippen LogP contribution is 2.24. The maximum atomic E-state index is 12.6. The van der Waals surface area contributed by atoms with Gasteiger partial charge >= 0.3 is 17.8 Å². The Labute approximate surface area is 188 Å². The number of ether oxygens (including phenoxy) is 1. The van der Waals surface area contributed by atoms with Gasteiger partial charge in [-0.25, -0.2) is 4.79 Å². The second-order valence-electron chi connectivity index (χ2n) is 7.62. The Bertz CT molecular complexity index is 981. The van der Waals surface area contributed by atoms with Crippen LogP contribution in [-0.4, -0.2) is 78.5 Å². The number of nitrogens with one attached hydrogen (secondary N) is 3. The van der Waals surface area contributed by atoms with Gasteiger partial charge in [-0.3, -0.25) is 24.1 Å². The Morgan fingerprint density at radius 2 is 2.00 bits per heavy atom. The molecule has 2 fully saturated rings. The first-order valence-electron chi connectivity index (χ1n) is 9.93. The van der Waals surface area contributed by atoms with Crippen molar-refractivity contribution in [3.8, 4) is 0 Å². The van der Waals surface area contributed by atoms with Crippen molar-refractivity contribution in [3.05, 3.63) is 28.0 Å². The average Bonchev–Trinajstić information content (AvgIpc) is 3.17. The number of hydrogen-bond donors (Lipinski definition) is 3. The predicted octanol–water partition coefficient (Wildman–Crippen LogP) is 0.0482. The summed E-state index contributed by atoms with van der Waals surface area (Å²) in [4.78, 5) is 64.3. The number of piperazine rings is 1. The lowest BCUT2D eigenvalue weighted by Crippen LogP contribution is -2.74. The largest absolute Gasteiger partial charge is 0.349 e. The van der Waals surface area contributed by atoms with E-state index in [9.17, 15) is 24.0 Å². The molecule has 2 aliphatic rings. The number of thiophene rings is 1. The van der Waals surface area contributed by atoms with Crippen molar-refractivity contribution in [2.24, 2.45) is 0 Å². The number of anilines is 1. The number of urea groups is 1. The number of hydrogen-bond acceptors (Lipinski definition) is 7. The number of nitrogens with zero attached hydrogens (tertiary/aromatic N) is 2. The molecule has 1 aromatic heterocycles. The SMILES string of the molecule is COC1(NC(=O)Cc2sccc2NC(=O)N2CCN(CC=C(C)C)C(=O)C2=O)CNC1=O. The maximum Gasteiger partial charge on any atom is 0.329 e. The Morgan fingerprint density at radius 1 is 1.25 bits per heavy atom. The third-order valence-electron chi connectivity index (χ3n) is 5.14. The van der Waals surface area contributed by atoms with Gasteiger partial charge < -0.3 is 25.6 Å². The number of rotatable bonds is 7. The minimum Gasteiger partial charge on any atom is -0.349 e. The highest BCUT2D eigenvalue weighted by atomic mass is 32.1. The first kappa shape index (κ1) is 23.4. The molecule has 6 amide bonds. The van der Waals surface area contributed by atoms with E-state index < -0.39 is 35.4 Å². The van der Waals surface area contributed by atoms with E-state index in [2.05, 4.69) is 16.0 Å². The molecule has 0 aliphatic carbocycles. The third-order valence-corrected chi connectivity index (χ3v) is 6.06. The van der Waals surface area contributed by atoms with Crippen LogP contribution >= 0.6 is 11.3 Å². The zero-order chi connectivity index (χ0) is 23.5. The predicted molar refractivity (Wildman–Crippen MR) is 116 cm³/mol. The molecule has 0 bridgehead atoms. The van der Waals surface area contributed by atoms with Gasteiger partial charge in [0.25, 0.3) is 5.91 Å². The van der Waals surface area contributed by atoms with Crippen LogP contribution in [0.2, 0.25) is 0 Å². The molecule has 1 atom stereocenters. The number of imide groups is 1. The highest BCUT2D eigenvalue weighted by Gasteiger charge is 2.48. The summed E-state index contributed by atoms with van der Waals surface area (Å²) in [5.74, 6) is -2.53. The van der Waals surface area contributed by atoms with E-state index in [0.29, 0.717) is 17.1 Å². The van der Waals surface area contributed by atoms with E-state index in [1.165, 1.54) is 23.3 Å². The Morgan fingerprint density at radius 3 is 2.59 bits per heavy atom. The highest BCUT2D eigenvalue weighted by molar-refractivity contribution is 7.10. The molecule has 1 unspecified atom stereocenters. The van der Waals surface area contributed by atoms with Crippen molar-refractivity contribution in [2.75, 3.05) is 38.6 Å². The van der Waals surface area contributed by atoms with Gasteiger partial charge in [0.1, 0.15) is 0 Å². The second-order valence-corrected chi connectivity index (χ2v) is 8.62. The van der Waals surface area contributed by atoms with Gasteiger partial charge in [-0.15, -0.1) is 11.3 Å². The number of methoxy groups -OCH3 is 1. The van der Waals surface area contributed by atoms with Crippen LogP contribution in [0.15, 0.2) is 23.1 Å². The Kier molecular flexibility index (Phi) is 6.94. The molecule has 0 aromatic carbocycles. The molecule has 0 radical (unpaired) electrons. The molecule has 1 aromatic rings. The summed E-state index contributed by atoms with van der Waals surface area (Å²) in [6.07, 6.45) is 1.74. The number of β-lactam (4-membered cyclic amide) rings is 1. The molecule has 172 valence electrons. The van der Waals surface area contributed by atoms with Crippen LogP contribution in [0.4, 0.5) is 10.5 Å². The van der Waals surface area contributed by atoms with Crippen LogP contribution in [0, 0.1) is 0 Å². The lowest BCUT2D eigenvalue weighted by atomic mass is 10.1. The third kappa shape index (κ3) is 4.81. The van der Waals surface area contributed by atoms with Crippen molar-refractivity contribution in [1.82, 2.24) is 20.4 Å². The van der Waals surface area contributed by atoms with Crippen LogP contribution in [0.1, 0.15) is 18.7 Å². The molecule has 32 heavy (non-hydrogen) atoms. The standard InChI is InChI=1S/C20H25N5O6S/c1-12(2)4-6-24-7-8-25(17(28)16(24)27)19(30)22-13-5-9-32-14(13)10-15(26)23-20(31-3)11-21-18(20)29/h4-5,9H,6-8,10-11H2,1-3H3,(H,21,29)(H,22,30)(H,23,26). The first-order chi connectivity index (χ1) is 15.2. The van der Waals surface area contributed by atoms with Gasteiger partial charge in [-0.1, -0.05) is 11.6 Å². The summed E-state index contributed by atoms with van der Waals surface area (Å²) in [5, 5.41) is 9.34. The number of amides is 6. The summed E-state index contributed by atoms with van der Waals surface area (Å²) in [5.41, 5.74) is -0.00360. The fraction of sp³-hybridized carbons (Fsp3) is 0.450. The maximum absolute atomic E-state index is 12.6. The van der Waals surface area contributed by atoms with Crippen LogP contribution < -0.4 is 16.0 Å². The van der Waals surface area contributed by atoms with E-state index in [0.717, 1.165) is 10.5 Å². The molecular formula is C20H25N5O6S. The molecule has 3 rings (SSSR count). The molecule has 12 heteroatoms. The smallest absolute Gasteiger partial charge is 0.329 e. The number of carbonyl (C=O) groups is 5. The summed E-state index contributed by atoms with van der Waals surface area (Å²) in [7, 11) is 1.33. The zero-order valence-electron chi connectivity index (χ0n) is 18.0. The molecule has 3 N–H and O–H groups in total. The molecular weight excluding hydrogens is 438 g/mol. The molecule has 0 spiro atoms. The van der Waals surface area contributed by atoms with Gasteiger partial charge in [0.2, 0.25) is 11.6 Å². The van der Waals surface area contributed by atoms with E-state index in [1.54, 1.807) is 11.4 Å². The zero-order valence-corrected chi connectivity index (χ0v) is 18.8. The average molecular weight is 464 g/mol. The molecule has 3 heterocycles. The Hall–Kier alpha value is -3.25. The molecule has 11 nitrogen and oxygen atoms in total. The number of allylic oxidation sites excluding steroid dienone is 1. The minimum absolute atomic E-state index is 0.0679. The number of carbonyl (C=O) groups excluding carboxylic acids is 5. The van der Waals surface area contributed by atoms with Gasteiger partial charge in [0.15, 0.2) is 0 Å². The minimum atomic E-state index is -1.38. The van der Waals surface area contributed by atoms with Crippen molar-refractivity contribution in [1.29, 1.82) is 0 Å². The van der Waals surface area contributed by atoms with Crippen molar-refractivity contribution >= 4 is 46.7 Å². The van der Waals surface area contributed by atoms with Crippen LogP contribution in [0.25, 0.3) is 0 Å². The molecule has 0 saturated carbocycles. The second kappa shape index (κ2) is 9.49. The fourth-order valence-electron chi connectivity index (χ4n) is 3.16. The van der Waals surface area contributed by atoms with Crippen molar-refractivity contribution < 1.29 is 28.7 Å². The molecule has 2 aliphatic heterocycles. The first-order valence-corrected chi connectivity index (χ1v) is 10.8.